The predicted octanol–water partition coefficient (Wildman–Crippen LogP) is 7.47. The Bertz CT molecular complexity index is 779. The Kier molecular flexibility index (Phi) is 6.14. The molecule has 1 nitrogen and oxygen atoms in total. The molecule has 0 aliphatic rings. The Balaban J connectivity index is 1.87. The molecule has 0 aromatic carbocycles. The monoisotopic (exact) mass is 375 g/mol. The van der Waals surface area contributed by atoms with Crippen molar-refractivity contribution in [2.24, 2.45) is 0 Å². The summed E-state index contributed by atoms with van der Waals surface area (Å²) >= 11 is 5.53. The van der Waals surface area contributed by atoms with Crippen molar-refractivity contribution in [3.63, 3.8) is 0 Å². The number of nitrogens with two attached hydrogens (primary N) is 1. The van der Waals surface area contributed by atoms with Gasteiger partial charge >= 0.3 is 0 Å². The smallest absolute Gasteiger partial charge is 0.0865 e. The first-order valence-electron chi connectivity index (χ1n) is 8.78. The zero-order valence-corrected chi connectivity index (χ0v) is 16.9. The van der Waals surface area contributed by atoms with Crippen molar-refractivity contribution in [2.45, 2.75) is 52.4 Å². The number of nitrogen functional groups attached to an aromatic ring is 1. The number of aryl methyl sites for hydroxylation is 2. The minimum absolute atomic E-state index is 0.936. The van der Waals surface area contributed by atoms with E-state index < -0.39 is 0 Å². The molecule has 2 N–H and O–H groups in total. The van der Waals surface area contributed by atoms with Gasteiger partial charge in [-0.2, -0.15) is 0 Å². The SMILES string of the molecule is CCCCc1ccsc1-c1ccc(-c2sc(N)cc2CCCC)s1. The van der Waals surface area contributed by atoms with Gasteiger partial charge in [0, 0.05) is 19.5 Å². The average Bonchev–Trinajstić information content (AvgIpc) is 3.29. The van der Waals surface area contributed by atoms with Gasteiger partial charge in [-0.1, -0.05) is 26.7 Å². The summed E-state index contributed by atoms with van der Waals surface area (Å²) in [5.74, 6) is 0. The second-order valence-electron chi connectivity index (χ2n) is 6.15. The normalized spacial score (nSPS) is 11.2. The van der Waals surface area contributed by atoms with Crippen LogP contribution in [0.4, 0.5) is 5.00 Å². The van der Waals surface area contributed by atoms with Crippen molar-refractivity contribution in [3.8, 4) is 19.5 Å². The fourth-order valence-electron chi connectivity index (χ4n) is 2.91. The van der Waals surface area contributed by atoms with Crippen molar-refractivity contribution < 1.29 is 0 Å². The van der Waals surface area contributed by atoms with Crippen LogP contribution in [-0.2, 0) is 12.8 Å². The fourth-order valence-corrected chi connectivity index (χ4v) is 6.16. The number of hydrogen-bond donors (Lipinski definition) is 1. The Morgan fingerprint density at radius 2 is 1.50 bits per heavy atom. The molecule has 0 amide bonds. The fraction of sp³-hybridized carbons (Fsp3) is 0.400. The van der Waals surface area contributed by atoms with Crippen LogP contribution < -0.4 is 5.73 Å². The van der Waals surface area contributed by atoms with Crippen LogP contribution in [0.25, 0.3) is 19.5 Å². The van der Waals surface area contributed by atoms with Crippen LogP contribution in [0.1, 0.15) is 50.7 Å². The maximum atomic E-state index is 6.09. The van der Waals surface area contributed by atoms with Gasteiger partial charge in [0.05, 0.1) is 5.00 Å². The zero-order chi connectivity index (χ0) is 16.9. The molecule has 0 unspecified atom stereocenters. The van der Waals surface area contributed by atoms with Gasteiger partial charge in [0.15, 0.2) is 0 Å². The van der Waals surface area contributed by atoms with Crippen molar-refractivity contribution in [2.75, 3.05) is 5.73 Å². The molecule has 0 atom stereocenters. The van der Waals surface area contributed by atoms with Gasteiger partial charge in [-0.3, -0.25) is 0 Å². The largest absolute Gasteiger partial charge is 0.391 e. The molecule has 3 heterocycles. The van der Waals surface area contributed by atoms with Crippen LogP contribution in [0, 0.1) is 0 Å². The minimum atomic E-state index is 0.936. The number of rotatable bonds is 8. The lowest BCUT2D eigenvalue weighted by Crippen LogP contribution is -1.83. The number of thiophene rings is 3. The molecule has 0 saturated heterocycles. The Morgan fingerprint density at radius 1 is 0.833 bits per heavy atom. The number of anilines is 1. The molecule has 0 radical (unpaired) electrons. The van der Waals surface area contributed by atoms with E-state index in [9.17, 15) is 0 Å². The van der Waals surface area contributed by atoms with Crippen LogP contribution >= 0.6 is 34.0 Å². The highest BCUT2D eigenvalue weighted by molar-refractivity contribution is 7.27. The summed E-state index contributed by atoms with van der Waals surface area (Å²) in [7, 11) is 0. The maximum Gasteiger partial charge on any atom is 0.0865 e. The van der Waals surface area contributed by atoms with Crippen molar-refractivity contribution in [1.82, 2.24) is 0 Å². The minimum Gasteiger partial charge on any atom is -0.391 e. The summed E-state index contributed by atoms with van der Waals surface area (Å²) in [5, 5.41) is 3.17. The molecule has 4 heteroatoms. The first-order valence-corrected chi connectivity index (χ1v) is 11.3. The lowest BCUT2D eigenvalue weighted by molar-refractivity contribution is 0.798. The molecular formula is C20H25NS3. The zero-order valence-electron chi connectivity index (χ0n) is 14.4. The molecule has 24 heavy (non-hydrogen) atoms. The molecule has 0 fully saturated rings. The molecule has 3 aromatic rings. The molecule has 0 aliphatic heterocycles. The lowest BCUT2D eigenvalue weighted by atomic mass is 10.1. The van der Waals surface area contributed by atoms with Gasteiger partial charge in [0.2, 0.25) is 0 Å². The van der Waals surface area contributed by atoms with Crippen LogP contribution in [0.3, 0.4) is 0 Å². The van der Waals surface area contributed by atoms with Gasteiger partial charge in [0.25, 0.3) is 0 Å². The lowest BCUT2D eigenvalue weighted by Gasteiger charge is -2.01. The van der Waals surface area contributed by atoms with Gasteiger partial charge in [-0.05, 0) is 66.5 Å². The summed E-state index contributed by atoms with van der Waals surface area (Å²) in [6.45, 7) is 4.50. The maximum absolute atomic E-state index is 6.09. The van der Waals surface area contributed by atoms with Crippen LogP contribution in [0.5, 0.6) is 0 Å². The molecule has 0 bridgehead atoms. The Hall–Kier alpha value is -1.10. The third-order valence-electron chi connectivity index (χ3n) is 4.23. The van der Waals surface area contributed by atoms with E-state index in [-0.39, 0.29) is 0 Å². The number of hydrogen-bond acceptors (Lipinski definition) is 4. The third-order valence-corrected chi connectivity index (χ3v) is 7.64. The van der Waals surface area contributed by atoms with E-state index >= 15 is 0 Å². The second kappa shape index (κ2) is 8.32. The standard InChI is InChI=1S/C20H25NS3/c1-3-5-7-14-11-12-22-19(14)16-9-10-17(23-16)20-15(8-6-4-2)13-18(21)24-20/h9-13H,3-8,21H2,1-2H3. The van der Waals surface area contributed by atoms with E-state index in [1.807, 2.05) is 22.7 Å². The molecule has 0 aliphatic carbocycles. The van der Waals surface area contributed by atoms with E-state index in [0.29, 0.717) is 0 Å². The molecule has 0 saturated carbocycles. The molecule has 3 rings (SSSR count). The van der Waals surface area contributed by atoms with Gasteiger partial charge in [-0.25, -0.2) is 0 Å². The van der Waals surface area contributed by atoms with Gasteiger partial charge in [0.1, 0.15) is 0 Å². The van der Waals surface area contributed by atoms with E-state index in [1.54, 1.807) is 11.3 Å². The van der Waals surface area contributed by atoms with E-state index in [0.717, 1.165) is 11.4 Å². The van der Waals surface area contributed by atoms with E-state index in [1.165, 1.54) is 62.7 Å². The highest BCUT2D eigenvalue weighted by Crippen LogP contribution is 2.43. The summed E-state index contributed by atoms with van der Waals surface area (Å²) in [6, 6.07) is 9.04. The Labute approximate surface area is 157 Å². The quantitative estimate of drug-likeness (QED) is 0.434. The van der Waals surface area contributed by atoms with E-state index in [4.69, 9.17) is 5.73 Å². The first kappa shape index (κ1) is 17.7. The molecule has 3 aromatic heterocycles. The first-order chi connectivity index (χ1) is 11.7. The number of unbranched alkanes of at least 4 members (excludes halogenated alkanes) is 2. The van der Waals surface area contributed by atoms with Gasteiger partial charge < -0.3 is 5.73 Å². The van der Waals surface area contributed by atoms with Crippen LogP contribution in [0.15, 0.2) is 29.6 Å². The topological polar surface area (TPSA) is 26.0 Å². The second-order valence-corrected chi connectivity index (χ2v) is 9.23. The summed E-state index contributed by atoms with van der Waals surface area (Å²) < 4.78 is 0. The molecular weight excluding hydrogens is 350 g/mol. The summed E-state index contributed by atoms with van der Waals surface area (Å²) in [4.78, 5) is 5.61. The summed E-state index contributed by atoms with van der Waals surface area (Å²) in [6.07, 6.45) is 7.29. The van der Waals surface area contributed by atoms with Crippen molar-refractivity contribution in [3.05, 3.63) is 40.8 Å². The van der Waals surface area contributed by atoms with Crippen molar-refractivity contribution in [1.29, 1.82) is 0 Å². The highest BCUT2D eigenvalue weighted by Gasteiger charge is 2.14. The van der Waals surface area contributed by atoms with Gasteiger partial charge in [-0.15, -0.1) is 34.0 Å². The van der Waals surface area contributed by atoms with Crippen LogP contribution in [0.2, 0.25) is 0 Å². The molecule has 0 spiro atoms. The predicted molar refractivity (Wildman–Crippen MR) is 113 cm³/mol. The Morgan fingerprint density at radius 3 is 2.21 bits per heavy atom. The third kappa shape index (κ3) is 3.93. The highest BCUT2D eigenvalue weighted by atomic mass is 32.1. The van der Waals surface area contributed by atoms with Crippen molar-refractivity contribution >= 4 is 39.0 Å². The average molecular weight is 376 g/mol. The van der Waals surface area contributed by atoms with E-state index in [2.05, 4.69) is 43.5 Å². The summed E-state index contributed by atoms with van der Waals surface area (Å²) in [5.41, 5.74) is 9.02. The molecule has 128 valence electrons. The van der Waals surface area contributed by atoms with Crippen LogP contribution in [-0.4, -0.2) is 0 Å².